The lowest BCUT2D eigenvalue weighted by Gasteiger charge is -2.17. The number of methoxy groups -OCH3 is 1. The van der Waals surface area contributed by atoms with Crippen LogP contribution in [0.3, 0.4) is 0 Å². The molecule has 0 fully saturated rings. The average molecular weight is 248 g/mol. The van der Waals surface area contributed by atoms with Crippen LogP contribution in [0.15, 0.2) is 18.2 Å². The van der Waals surface area contributed by atoms with Gasteiger partial charge in [0.1, 0.15) is 11.8 Å². The Morgan fingerprint density at radius 3 is 2.78 bits per heavy atom. The predicted octanol–water partition coefficient (Wildman–Crippen LogP) is 2.04. The minimum absolute atomic E-state index is 0.568. The molecule has 18 heavy (non-hydrogen) atoms. The summed E-state index contributed by atoms with van der Waals surface area (Å²) in [5, 5.41) is 8.91. The highest BCUT2D eigenvalue weighted by molar-refractivity contribution is 5.45. The van der Waals surface area contributed by atoms with E-state index in [1.54, 1.807) is 13.2 Å². The molecule has 0 saturated carbocycles. The predicted molar refractivity (Wildman–Crippen MR) is 70.5 cm³/mol. The first-order chi connectivity index (χ1) is 8.71. The van der Waals surface area contributed by atoms with Crippen molar-refractivity contribution in [1.29, 1.82) is 5.26 Å². The fourth-order valence-corrected chi connectivity index (χ4v) is 1.68. The van der Waals surface area contributed by atoms with Gasteiger partial charge in [0.2, 0.25) is 0 Å². The Labute approximate surface area is 109 Å². The molecule has 0 aliphatic rings. The lowest BCUT2D eigenvalue weighted by atomic mass is 10.1. The molecular weight excluding hydrogens is 228 g/mol. The molecule has 0 radical (unpaired) electrons. The first kappa shape index (κ1) is 14.5. The highest BCUT2D eigenvalue weighted by Gasteiger charge is 2.05. The largest absolute Gasteiger partial charge is 0.495 e. The second kappa shape index (κ2) is 7.70. The van der Waals surface area contributed by atoms with Crippen LogP contribution in [0.4, 0.5) is 0 Å². The fraction of sp³-hybridized carbons (Fsp3) is 0.500. The topological polar surface area (TPSA) is 45.5 Å². The van der Waals surface area contributed by atoms with Crippen LogP contribution in [0.5, 0.6) is 5.75 Å². The molecule has 0 saturated heterocycles. The van der Waals surface area contributed by atoms with Crippen LogP contribution in [-0.2, 0) is 11.3 Å². The highest BCUT2D eigenvalue weighted by atomic mass is 16.5. The van der Waals surface area contributed by atoms with Crippen LogP contribution in [0, 0.1) is 11.3 Å². The quantitative estimate of drug-likeness (QED) is 0.693. The molecule has 0 aliphatic heterocycles. The molecule has 1 rings (SSSR count). The van der Waals surface area contributed by atoms with Crippen molar-refractivity contribution in [2.24, 2.45) is 0 Å². The third-order valence-corrected chi connectivity index (χ3v) is 2.66. The fourth-order valence-electron chi connectivity index (χ4n) is 1.68. The van der Waals surface area contributed by atoms with Crippen LogP contribution in [0.1, 0.15) is 18.1 Å². The lowest BCUT2D eigenvalue weighted by molar-refractivity contribution is 0.120. The van der Waals surface area contributed by atoms with Crippen molar-refractivity contribution in [1.82, 2.24) is 4.90 Å². The average Bonchev–Trinajstić information content (AvgIpc) is 2.39. The number of hydrogen-bond acceptors (Lipinski definition) is 4. The first-order valence-corrected chi connectivity index (χ1v) is 6.04. The Morgan fingerprint density at radius 1 is 1.39 bits per heavy atom. The van der Waals surface area contributed by atoms with Gasteiger partial charge < -0.3 is 9.47 Å². The molecule has 0 spiro atoms. The standard InChI is InChI=1S/C14H20N2O2/c1-4-18-8-7-16(2)11-12-5-6-13(10-15)14(9-12)17-3/h5-6,9H,4,7-8,11H2,1-3H3. The molecule has 4 heteroatoms. The van der Waals surface area contributed by atoms with Crippen LogP contribution < -0.4 is 4.74 Å². The summed E-state index contributed by atoms with van der Waals surface area (Å²) in [5.41, 5.74) is 1.70. The van der Waals surface area contributed by atoms with Gasteiger partial charge in [0.15, 0.2) is 0 Å². The molecule has 0 atom stereocenters. The van der Waals surface area contributed by atoms with Gasteiger partial charge in [-0.15, -0.1) is 0 Å². The summed E-state index contributed by atoms with van der Waals surface area (Å²) in [4.78, 5) is 2.18. The van der Waals surface area contributed by atoms with Crippen molar-refractivity contribution in [3.8, 4) is 11.8 Å². The van der Waals surface area contributed by atoms with Gasteiger partial charge in [-0.1, -0.05) is 6.07 Å². The maximum atomic E-state index is 8.91. The van der Waals surface area contributed by atoms with Gasteiger partial charge in [-0.2, -0.15) is 5.26 Å². The van der Waals surface area contributed by atoms with E-state index in [0.717, 1.165) is 31.9 Å². The molecule has 0 N–H and O–H groups in total. The molecule has 1 aromatic carbocycles. The van der Waals surface area contributed by atoms with E-state index in [0.29, 0.717) is 11.3 Å². The van der Waals surface area contributed by atoms with Gasteiger partial charge in [-0.05, 0) is 31.7 Å². The van der Waals surface area contributed by atoms with E-state index in [4.69, 9.17) is 14.7 Å². The second-order valence-corrected chi connectivity index (χ2v) is 4.08. The normalized spacial score (nSPS) is 10.4. The maximum absolute atomic E-state index is 8.91. The van der Waals surface area contributed by atoms with E-state index in [-0.39, 0.29) is 0 Å². The highest BCUT2D eigenvalue weighted by Crippen LogP contribution is 2.19. The van der Waals surface area contributed by atoms with Crippen molar-refractivity contribution in [3.63, 3.8) is 0 Å². The monoisotopic (exact) mass is 248 g/mol. The Balaban J connectivity index is 2.59. The molecular formula is C14H20N2O2. The van der Waals surface area contributed by atoms with Gasteiger partial charge in [0, 0.05) is 19.7 Å². The van der Waals surface area contributed by atoms with Gasteiger partial charge in [0.25, 0.3) is 0 Å². The summed E-state index contributed by atoms with van der Waals surface area (Å²) in [6, 6.07) is 7.78. The third-order valence-electron chi connectivity index (χ3n) is 2.66. The van der Waals surface area contributed by atoms with Crippen LogP contribution in [0.25, 0.3) is 0 Å². The molecule has 0 aliphatic carbocycles. The molecule has 4 nitrogen and oxygen atoms in total. The third kappa shape index (κ3) is 4.36. The summed E-state index contributed by atoms with van der Waals surface area (Å²) in [7, 11) is 3.63. The van der Waals surface area contributed by atoms with Gasteiger partial charge in [-0.3, -0.25) is 4.90 Å². The summed E-state index contributed by atoms with van der Waals surface area (Å²) in [6.07, 6.45) is 0. The Kier molecular flexibility index (Phi) is 6.20. The summed E-state index contributed by atoms with van der Waals surface area (Å²) in [6.45, 7) is 5.18. The van der Waals surface area contributed by atoms with Gasteiger partial charge in [-0.25, -0.2) is 0 Å². The summed E-state index contributed by atoms with van der Waals surface area (Å²) >= 11 is 0. The Bertz CT molecular complexity index is 413. The minimum Gasteiger partial charge on any atom is -0.495 e. The number of ether oxygens (including phenoxy) is 2. The number of nitriles is 1. The van der Waals surface area contributed by atoms with Crippen molar-refractivity contribution in [2.45, 2.75) is 13.5 Å². The SMILES string of the molecule is CCOCCN(C)Cc1ccc(C#N)c(OC)c1. The van der Waals surface area contributed by atoms with Crippen molar-refractivity contribution < 1.29 is 9.47 Å². The van der Waals surface area contributed by atoms with Crippen molar-refractivity contribution >= 4 is 0 Å². The first-order valence-electron chi connectivity index (χ1n) is 6.04. The van der Waals surface area contributed by atoms with Gasteiger partial charge in [0.05, 0.1) is 19.3 Å². The van der Waals surface area contributed by atoms with E-state index in [2.05, 4.69) is 11.0 Å². The van der Waals surface area contributed by atoms with Crippen molar-refractivity contribution in [3.05, 3.63) is 29.3 Å². The molecule has 0 unspecified atom stereocenters. The van der Waals surface area contributed by atoms with Crippen LogP contribution in [0.2, 0.25) is 0 Å². The van der Waals surface area contributed by atoms with E-state index in [1.807, 2.05) is 26.1 Å². The minimum atomic E-state index is 0.568. The van der Waals surface area contributed by atoms with Crippen molar-refractivity contribution in [2.75, 3.05) is 33.9 Å². The number of likely N-dealkylation sites (N-methyl/N-ethyl adjacent to an activating group) is 1. The number of hydrogen-bond donors (Lipinski definition) is 0. The smallest absolute Gasteiger partial charge is 0.136 e. The Morgan fingerprint density at radius 2 is 2.17 bits per heavy atom. The summed E-state index contributed by atoms with van der Waals surface area (Å²) in [5.74, 6) is 0.633. The van der Waals surface area contributed by atoms with E-state index in [1.165, 1.54) is 0 Å². The number of nitrogens with zero attached hydrogens (tertiary/aromatic N) is 2. The van der Waals surface area contributed by atoms with Gasteiger partial charge >= 0.3 is 0 Å². The maximum Gasteiger partial charge on any atom is 0.136 e. The Hall–Kier alpha value is -1.57. The molecule has 0 amide bonds. The summed E-state index contributed by atoms with van der Waals surface area (Å²) < 4.78 is 10.5. The second-order valence-electron chi connectivity index (χ2n) is 4.08. The zero-order valence-electron chi connectivity index (χ0n) is 11.3. The zero-order chi connectivity index (χ0) is 13.4. The number of rotatable bonds is 7. The number of benzene rings is 1. The molecule has 98 valence electrons. The molecule has 0 heterocycles. The molecule has 0 aromatic heterocycles. The lowest BCUT2D eigenvalue weighted by Crippen LogP contribution is -2.22. The molecule has 0 bridgehead atoms. The van der Waals surface area contributed by atoms with E-state index < -0.39 is 0 Å². The zero-order valence-corrected chi connectivity index (χ0v) is 11.3. The van der Waals surface area contributed by atoms with E-state index in [9.17, 15) is 0 Å². The van der Waals surface area contributed by atoms with Crippen LogP contribution in [-0.4, -0.2) is 38.8 Å². The van der Waals surface area contributed by atoms with Crippen LogP contribution >= 0.6 is 0 Å². The molecule has 1 aromatic rings. The van der Waals surface area contributed by atoms with E-state index >= 15 is 0 Å².